The largest absolute Gasteiger partial charge is 0.348 e. The average molecular weight is 393 g/mol. The summed E-state index contributed by atoms with van der Waals surface area (Å²) in [7, 11) is 0. The summed E-state index contributed by atoms with van der Waals surface area (Å²) in [5.74, 6) is -0.258. The highest BCUT2D eigenvalue weighted by Crippen LogP contribution is 2.25. The normalized spacial score (nSPS) is 12.8. The molecule has 0 spiro atoms. The Labute approximate surface area is 169 Å². The Morgan fingerprint density at radius 3 is 2.18 bits per heavy atom. The van der Waals surface area contributed by atoms with Crippen molar-refractivity contribution in [3.8, 4) is 0 Å². The number of aryl methyl sites for hydroxylation is 1. The topological polar surface area (TPSA) is 58.2 Å². The SMILES string of the molecule is CC(=O)NC(CC(=O)NC(c1ccccc1)c1ccc(C)cc1)c1cccs1. The zero-order valence-electron chi connectivity index (χ0n) is 16.0. The minimum absolute atomic E-state index is 0.110. The van der Waals surface area contributed by atoms with Crippen LogP contribution >= 0.6 is 11.3 Å². The maximum atomic E-state index is 12.9. The van der Waals surface area contributed by atoms with E-state index in [1.54, 1.807) is 0 Å². The first-order chi connectivity index (χ1) is 13.5. The summed E-state index contributed by atoms with van der Waals surface area (Å²) >= 11 is 1.53. The summed E-state index contributed by atoms with van der Waals surface area (Å²) in [6, 6.07) is 21.4. The summed E-state index contributed by atoms with van der Waals surface area (Å²) in [5, 5.41) is 7.98. The van der Waals surface area contributed by atoms with Gasteiger partial charge in [-0.15, -0.1) is 11.3 Å². The molecule has 1 heterocycles. The molecule has 3 rings (SSSR count). The fourth-order valence-electron chi connectivity index (χ4n) is 3.13. The van der Waals surface area contributed by atoms with Gasteiger partial charge in [0.25, 0.3) is 0 Å². The predicted molar refractivity (Wildman–Crippen MR) is 113 cm³/mol. The van der Waals surface area contributed by atoms with Gasteiger partial charge in [0.05, 0.1) is 18.5 Å². The molecule has 2 aromatic carbocycles. The number of amides is 2. The molecule has 0 radical (unpaired) electrons. The van der Waals surface area contributed by atoms with Crippen LogP contribution in [-0.4, -0.2) is 11.8 Å². The van der Waals surface area contributed by atoms with Crippen LogP contribution in [0.5, 0.6) is 0 Å². The first-order valence-electron chi connectivity index (χ1n) is 9.24. The Morgan fingerprint density at radius 1 is 0.893 bits per heavy atom. The Bertz CT molecular complexity index is 906. The lowest BCUT2D eigenvalue weighted by Crippen LogP contribution is -2.34. The van der Waals surface area contributed by atoms with Crippen LogP contribution in [0.3, 0.4) is 0 Å². The van der Waals surface area contributed by atoms with Crippen molar-refractivity contribution in [3.05, 3.63) is 93.7 Å². The van der Waals surface area contributed by atoms with Gasteiger partial charge in [-0.1, -0.05) is 66.2 Å². The molecule has 0 aliphatic carbocycles. The number of nitrogens with one attached hydrogen (secondary N) is 2. The second kappa shape index (κ2) is 9.33. The van der Waals surface area contributed by atoms with Gasteiger partial charge in [-0.2, -0.15) is 0 Å². The summed E-state index contributed by atoms with van der Waals surface area (Å²) in [5.41, 5.74) is 3.22. The van der Waals surface area contributed by atoms with Crippen molar-refractivity contribution < 1.29 is 9.59 Å². The fourth-order valence-corrected chi connectivity index (χ4v) is 3.90. The Morgan fingerprint density at radius 2 is 1.57 bits per heavy atom. The number of hydrogen-bond acceptors (Lipinski definition) is 3. The van der Waals surface area contributed by atoms with E-state index in [9.17, 15) is 9.59 Å². The zero-order valence-corrected chi connectivity index (χ0v) is 16.8. The molecule has 2 N–H and O–H groups in total. The van der Waals surface area contributed by atoms with E-state index in [2.05, 4.69) is 10.6 Å². The summed E-state index contributed by atoms with van der Waals surface area (Å²) in [4.78, 5) is 25.5. The van der Waals surface area contributed by atoms with E-state index in [4.69, 9.17) is 0 Å². The lowest BCUT2D eigenvalue weighted by molar-refractivity contribution is -0.123. The van der Waals surface area contributed by atoms with Crippen LogP contribution in [0.15, 0.2) is 72.1 Å². The van der Waals surface area contributed by atoms with E-state index in [1.807, 2.05) is 79.0 Å². The first kappa shape index (κ1) is 19.8. The highest BCUT2D eigenvalue weighted by Gasteiger charge is 2.22. The molecule has 0 saturated carbocycles. The molecule has 0 saturated heterocycles. The van der Waals surface area contributed by atoms with Gasteiger partial charge in [0.15, 0.2) is 0 Å². The maximum Gasteiger partial charge on any atom is 0.223 e. The van der Waals surface area contributed by atoms with Crippen molar-refractivity contribution in [2.75, 3.05) is 0 Å². The highest BCUT2D eigenvalue weighted by molar-refractivity contribution is 7.10. The van der Waals surface area contributed by atoms with Gasteiger partial charge in [0.1, 0.15) is 0 Å². The van der Waals surface area contributed by atoms with Gasteiger partial charge in [-0.05, 0) is 29.5 Å². The molecule has 0 aliphatic heterocycles. The highest BCUT2D eigenvalue weighted by atomic mass is 32.1. The van der Waals surface area contributed by atoms with Crippen molar-refractivity contribution in [1.82, 2.24) is 10.6 Å². The molecule has 28 heavy (non-hydrogen) atoms. The Hall–Kier alpha value is -2.92. The number of hydrogen-bond donors (Lipinski definition) is 2. The smallest absolute Gasteiger partial charge is 0.223 e. The second-order valence-corrected chi connectivity index (χ2v) is 7.77. The Balaban J connectivity index is 1.80. The van der Waals surface area contributed by atoms with Gasteiger partial charge in [-0.3, -0.25) is 9.59 Å². The van der Waals surface area contributed by atoms with Crippen LogP contribution in [-0.2, 0) is 9.59 Å². The molecule has 2 atom stereocenters. The quantitative estimate of drug-likeness (QED) is 0.621. The number of carbonyl (C=O) groups excluding carboxylic acids is 2. The van der Waals surface area contributed by atoms with Crippen LogP contribution in [0.1, 0.15) is 47.0 Å². The summed E-state index contributed by atoms with van der Waals surface area (Å²) in [6.45, 7) is 3.51. The molecule has 2 unspecified atom stereocenters. The molecular formula is C23H24N2O2S. The average Bonchev–Trinajstić information content (AvgIpc) is 3.22. The van der Waals surface area contributed by atoms with Crippen LogP contribution in [0.25, 0.3) is 0 Å². The van der Waals surface area contributed by atoms with Crippen LogP contribution in [0, 0.1) is 6.92 Å². The minimum atomic E-state index is -0.327. The summed E-state index contributed by atoms with van der Waals surface area (Å²) in [6.07, 6.45) is 0.190. The van der Waals surface area contributed by atoms with E-state index in [0.29, 0.717) is 0 Å². The fraction of sp³-hybridized carbons (Fsp3) is 0.217. The van der Waals surface area contributed by atoms with Crippen molar-refractivity contribution in [1.29, 1.82) is 0 Å². The van der Waals surface area contributed by atoms with E-state index in [0.717, 1.165) is 16.0 Å². The molecule has 2 amide bonds. The van der Waals surface area contributed by atoms with Crippen molar-refractivity contribution in [2.45, 2.75) is 32.4 Å². The van der Waals surface area contributed by atoms with Crippen molar-refractivity contribution >= 4 is 23.2 Å². The standard InChI is InChI=1S/C23H24N2O2S/c1-16-10-12-19(13-11-16)23(18-7-4-3-5-8-18)25-22(27)15-20(24-17(2)26)21-9-6-14-28-21/h3-14,20,23H,15H2,1-2H3,(H,24,26)(H,25,27). The van der Waals surface area contributed by atoms with Gasteiger partial charge < -0.3 is 10.6 Å². The third-order valence-electron chi connectivity index (χ3n) is 4.50. The molecule has 3 aromatic rings. The van der Waals surface area contributed by atoms with Crippen molar-refractivity contribution in [2.24, 2.45) is 0 Å². The summed E-state index contributed by atoms with van der Waals surface area (Å²) < 4.78 is 0. The monoisotopic (exact) mass is 392 g/mol. The van der Waals surface area contributed by atoms with E-state index >= 15 is 0 Å². The lowest BCUT2D eigenvalue weighted by Gasteiger charge is -2.22. The molecular weight excluding hydrogens is 368 g/mol. The number of thiophene rings is 1. The van der Waals surface area contributed by atoms with Gasteiger partial charge in [0, 0.05) is 11.8 Å². The second-order valence-electron chi connectivity index (χ2n) is 6.79. The van der Waals surface area contributed by atoms with E-state index in [-0.39, 0.29) is 30.3 Å². The molecule has 144 valence electrons. The molecule has 0 fully saturated rings. The van der Waals surface area contributed by atoms with Gasteiger partial charge >= 0.3 is 0 Å². The number of carbonyl (C=O) groups is 2. The van der Waals surface area contributed by atoms with Crippen LogP contribution in [0.4, 0.5) is 0 Å². The molecule has 1 aromatic heterocycles. The third-order valence-corrected chi connectivity index (χ3v) is 5.49. The van der Waals surface area contributed by atoms with Gasteiger partial charge in [0.2, 0.25) is 11.8 Å². The maximum absolute atomic E-state index is 12.9. The minimum Gasteiger partial charge on any atom is -0.348 e. The van der Waals surface area contributed by atoms with Crippen LogP contribution in [0.2, 0.25) is 0 Å². The zero-order chi connectivity index (χ0) is 19.9. The lowest BCUT2D eigenvalue weighted by atomic mass is 9.97. The third kappa shape index (κ3) is 5.30. The molecule has 4 nitrogen and oxygen atoms in total. The molecule has 0 bridgehead atoms. The Kier molecular flexibility index (Phi) is 6.61. The van der Waals surface area contributed by atoms with E-state index in [1.165, 1.54) is 23.8 Å². The first-order valence-corrected chi connectivity index (χ1v) is 10.1. The number of benzene rings is 2. The molecule has 0 aliphatic rings. The number of rotatable bonds is 7. The van der Waals surface area contributed by atoms with Crippen LogP contribution < -0.4 is 10.6 Å². The van der Waals surface area contributed by atoms with E-state index < -0.39 is 0 Å². The predicted octanol–water partition coefficient (Wildman–Crippen LogP) is 4.53. The van der Waals surface area contributed by atoms with Crippen molar-refractivity contribution in [3.63, 3.8) is 0 Å². The van der Waals surface area contributed by atoms with Gasteiger partial charge in [-0.25, -0.2) is 0 Å². The molecule has 5 heteroatoms.